The van der Waals surface area contributed by atoms with E-state index in [9.17, 15) is 4.79 Å². The van der Waals surface area contributed by atoms with E-state index in [4.69, 9.17) is 5.84 Å². The van der Waals surface area contributed by atoms with Crippen LogP contribution >= 0.6 is 0 Å². The molecule has 0 unspecified atom stereocenters. The minimum absolute atomic E-state index is 0.172. The maximum absolute atomic E-state index is 12.4. The highest BCUT2D eigenvalue weighted by atomic mass is 16.1. The summed E-state index contributed by atoms with van der Waals surface area (Å²) in [4.78, 5) is 13.6. The molecule has 0 amide bonds. The standard InChI is InChI=1S/C17H17N3O/c1-13-16(15-10-6-3-7-11-15)17(21)20(18)19(13)12-14-8-4-2-5-9-14/h2-11H,12,18H2,1H3. The SMILES string of the molecule is Cc1c(-c2ccccc2)c(=O)n(N)n1Cc1ccccc1. The average molecular weight is 279 g/mol. The fourth-order valence-electron chi connectivity index (χ4n) is 2.56. The molecule has 0 aliphatic rings. The molecular weight excluding hydrogens is 262 g/mol. The van der Waals surface area contributed by atoms with Gasteiger partial charge in [0.25, 0.3) is 5.56 Å². The lowest BCUT2D eigenvalue weighted by molar-refractivity contribution is 0.554. The van der Waals surface area contributed by atoms with Crippen molar-refractivity contribution in [3.63, 3.8) is 0 Å². The van der Waals surface area contributed by atoms with Crippen molar-refractivity contribution in [2.45, 2.75) is 13.5 Å². The van der Waals surface area contributed by atoms with Gasteiger partial charge in [-0.2, -0.15) is 4.79 Å². The summed E-state index contributed by atoms with van der Waals surface area (Å²) in [5.74, 6) is 5.96. The Balaban J connectivity index is 2.10. The Morgan fingerprint density at radius 1 is 0.952 bits per heavy atom. The highest BCUT2D eigenvalue weighted by molar-refractivity contribution is 5.65. The summed E-state index contributed by atoms with van der Waals surface area (Å²) in [7, 11) is 0. The van der Waals surface area contributed by atoms with Crippen LogP contribution in [0.15, 0.2) is 65.5 Å². The van der Waals surface area contributed by atoms with Crippen LogP contribution in [-0.4, -0.2) is 9.47 Å². The lowest BCUT2D eigenvalue weighted by Crippen LogP contribution is -2.31. The van der Waals surface area contributed by atoms with Crippen LogP contribution in [-0.2, 0) is 6.54 Å². The quantitative estimate of drug-likeness (QED) is 0.748. The fraction of sp³-hybridized carbons (Fsp3) is 0.118. The minimum atomic E-state index is -0.172. The van der Waals surface area contributed by atoms with Gasteiger partial charge in [-0.25, -0.2) is 0 Å². The lowest BCUT2D eigenvalue weighted by atomic mass is 10.1. The molecule has 0 saturated carbocycles. The Morgan fingerprint density at radius 3 is 2.14 bits per heavy atom. The molecule has 0 aliphatic carbocycles. The summed E-state index contributed by atoms with van der Waals surface area (Å²) < 4.78 is 1.81. The van der Waals surface area contributed by atoms with Crippen LogP contribution in [0.25, 0.3) is 11.1 Å². The van der Waals surface area contributed by atoms with Gasteiger partial charge in [-0.3, -0.25) is 9.48 Å². The van der Waals surface area contributed by atoms with Crippen molar-refractivity contribution in [1.82, 2.24) is 9.47 Å². The Bertz CT molecular complexity index is 801. The molecule has 3 aromatic rings. The molecule has 3 rings (SSSR count). The molecule has 0 aliphatic heterocycles. The van der Waals surface area contributed by atoms with Crippen molar-refractivity contribution in [2.24, 2.45) is 0 Å². The molecule has 2 N–H and O–H groups in total. The summed E-state index contributed by atoms with van der Waals surface area (Å²) in [6.45, 7) is 2.50. The predicted molar refractivity (Wildman–Crippen MR) is 84.6 cm³/mol. The molecule has 4 nitrogen and oxygen atoms in total. The number of nitrogens with zero attached hydrogens (tertiary/aromatic N) is 2. The molecule has 0 atom stereocenters. The normalized spacial score (nSPS) is 10.7. The van der Waals surface area contributed by atoms with E-state index in [1.165, 1.54) is 4.79 Å². The first-order valence-electron chi connectivity index (χ1n) is 6.85. The van der Waals surface area contributed by atoms with Crippen LogP contribution in [0.2, 0.25) is 0 Å². The van der Waals surface area contributed by atoms with E-state index in [-0.39, 0.29) is 5.56 Å². The number of hydrogen-bond donors (Lipinski definition) is 1. The zero-order valence-corrected chi connectivity index (χ0v) is 11.9. The molecule has 106 valence electrons. The Labute approximate surface area is 123 Å². The first-order chi connectivity index (χ1) is 10.2. The van der Waals surface area contributed by atoms with Crippen molar-refractivity contribution >= 4 is 0 Å². The van der Waals surface area contributed by atoms with E-state index >= 15 is 0 Å². The molecular formula is C17H17N3O. The van der Waals surface area contributed by atoms with Crippen LogP contribution in [0.3, 0.4) is 0 Å². The molecule has 4 heteroatoms. The van der Waals surface area contributed by atoms with Crippen LogP contribution in [0.5, 0.6) is 0 Å². The lowest BCUT2D eigenvalue weighted by Gasteiger charge is -2.09. The molecule has 0 radical (unpaired) electrons. The first-order valence-corrected chi connectivity index (χ1v) is 6.85. The number of aromatic nitrogens is 2. The molecule has 2 aromatic carbocycles. The summed E-state index contributed by atoms with van der Waals surface area (Å²) in [6.07, 6.45) is 0. The maximum atomic E-state index is 12.4. The van der Waals surface area contributed by atoms with E-state index in [0.29, 0.717) is 12.1 Å². The van der Waals surface area contributed by atoms with Gasteiger partial charge >= 0.3 is 0 Å². The second-order valence-electron chi connectivity index (χ2n) is 5.02. The Kier molecular flexibility index (Phi) is 3.36. The number of benzene rings is 2. The highest BCUT2D eigenvalue weighted by Crippen LogP contribution is 2.20. The number of nitrogen functional groups attached to an aromatic ring is 1. The summed E-state index contributed by atoms with van der Waals surface area (Å²) in [5.41, 5.74) is 3.36. The van der Waals surface area contributed by atoms with Crippen molar-refractivity contribution in [2.75, 3.05) is 5.84 Å². The molecule has 1 aromatic heterocycles. The van der Waals surface area contributed by atoms with Crippen LogP contribution in [0.1, 0.15) is 11.3 Å². The third kappa shape index (κ3) is 2.36. The topological polar surface area (TPSA) is 52.9 Å². The van der Waals surface area contributed by atoms with Gasteiger partial charge in [-0.05, 0) is 18.1 Å². The zero-order valence-electron chi connectivity index (χ0n) is 11.9. The molecule has 0 saturated heterocycles. The van der Waals surface area contributed by atoms with Gasteiger partial charge in [0, 0.05) is 5.69 Å². The molecule has 0 fully saturated rings. The molecule has 0 spiro atoms. The minimum Gasteiger partial charge on any atom is -0.321 e. The van der Waals surface area contributed by atoms with E-state index in [1.54, 1.807) is 4.68 Å². The Hall–Kier alpha value is -2.75. The second kappa shape index (κ2) is 5.32. The average Bonchev–Trinajstić information content (AvgIpc) is 2.73. The van der Waals surface area contributed by atoms with Gasteiger partial charge in [0.15, 0.2) is 0 Å². The molecule has 0 bridgehead atoms. The van der Waals surface area contributed by atoms with Crippen molar-refractivity contribution in [1.29, 1.82) is 0 Å². The van der Waals surface area contributed by atoms with Crippen molar-refractivity contribution in [3.05, 3.63) is 82.3 Å². The van der Waals surface area contributed by atoms with Crippen LogP contribution in [0, 0.1) is 6.92 Å². The van der Waals surface area contributed by atoms with E-state index < -0.39 is 0 Å². The fourth-order valence-corrected chi connectivity index (χ4v) is 2.56. The van der Waals surface area contributed by atoms with Gasteiger partial charge in [0.2, 0.25) is 0 Å². The monoisotopic (exact) mass is 279 g/mol. The van der Waals surface area contributed by atoms with Gasteiger partial charge in [-0.1, -0.05) is 60.7 Å². The van der Waals surface area contributed by atoms with Gasteiger partial charge in [0.05, 0.1) is 12.1 Å². The van der Waals surface area contributed by atoms with Crippen molar-refractivity contribution in [3.8, 4) is 11.1 Å². The third-order valence-electron chi connectivity index (χ3n) is 3.67. The third-order valence-corrected chi connectivity index (χ3v) is 3.67. The van der Waals surface area contributed by atoms with Gasteiger partial charge < -0.3 is 5.84 Å². The van der Waals surface area contributed by atoms with Crippen LogP contribution in [0.4, 0.5) is 0 Å². The van der Waals surface area contributed by atoms with E-state index in [2.05, 4.69) is 0 Å². The smallest absolute Gasteiger partial charge is 0.293 e. The highest BCUT2D eigenvalue weighted by Gasteiger charge is 2.16. The van der Waals surface area contributed by atoms with E-state index in [1.807, 2.05) is 67.6 Å². The second-order valence-corrected chi connectivity index (χ2v) is 5.02. The predicted octanol–water partition coefficient (Wildman–Crippen LogP) is 2.39. The van der Waals surface area contributed by atoms with E-state index in [0.717, 1.165) is 16.8 Å². The first kappa shape index (κ1) is 13.2. The van der Waals surface area contributed by atoms with Gasteiger partial charge in [-0.15, -0.1) is 0 Å². The number of nitrogens with two attached hydrogens (primary N) is 1. The van der Waals surface area contributed by atoms with Crippen LogP contribution < -0.4 is 11.4 Å². The summed E-state index contributed by atoms with van der Waals surface area (Å²) in [5, 5.41) is 0. The Morgan fingerprint density at radius 2 is 1.52 bits per heavy atom. The molecule has 21 heavy (non-hydrogen) atoms. The van der Waals surface area contributed by atoms with Crippen molar-refractivity contribution < 1.29 is 0 Å². The number of rotatable bonds is 3. The molecule has 1 heterocycles. The maximum Gasteiger partial charge on any atom is 0.293 e. The summed E-state index contributed by atoms with van der Waals surface area (Å²) >= 11 is 0. The number of hydrogen-bond acceptors (Lipinski definition) is 2. The van der Waals surface area contributed by atoms with Gasteiger partial charge in [0.1, 0.15) is 0 Å². The summed E-state index contributed by atoms with van der Waals surface area (Å²) in [6, 6.07) is 19.6. The largest absolute Gasteiger partial charge is 0.321 e. The zero-order chi connectivity index (χ0) is 14.8.